The van der Waals surface area contributed by atoms with Gasteiger partial charge >= 0.3 is 5.97 Å². The van der Waals surface area contributed by atoms with Crippen LogP contribution in [0.2, 0.25) is 0 Å². The quantitative estimate of drug-likeness (QED) is 0.524. The molecule has 9 heteroatoms. The number of anilines is 2. The Kier molecular flexibility index (Phi) is 6.45. The number of aromatic carboxylic acids is 1. The van der Waals surface area contributed by atoms with E-state index in [1.54, 1.807) is 25.3 Å². The Morgan fingerprint density at radius 2 is 1.78 bits per heavy atom. The fourth-order valence-corrected chi connectivity index (χ4v) is 5.41. The third-order valence-corrected chi connectivity index (χ3v) is 7.39. The summed E-state index contributed by atoms with van der Waals surface area (Å²) in [6.07, 6.45) is 2.70. The summed E-state index contributed by atoms with van der Waals surface area (Å²) in [5, 5.41) is 20.9. The summed E-state index contributed by atoms with van der Waals surface area (Å²) in [6, 6.07) is 11.4. The molecular weight excluding hydrogens is 474 g/mol. The van der Waals surface area contributed by atoms with Gasteiger partial charge in [-0.3, -0.25) is 4.79 Å². The maximum atomic E-state index is 13.6. The van der Waals surface area contributed by atoms with E-state index in [0.717, 1.165) is 42.9 Å². The SMILES string of the molecule is COc1ccc(Cn2c3c(c(O)c(C(=O)O)c2=O)CCN(C)c2cc(N4CCCC4)ccc2-3)c(OC)c1. The first-order valence-corrected chi connectivity index (χ1v) is 12.4. The standard InChI is InChI=1S/C28H31N3O6/c1-29-13-10-21-25(20-9-7-18(14-22(20)29)30-11-4-5-12-30)31(27(33)24(26(21)32)28(34)35)16-17-6-8-19(36-2)15-23(17)37-3/h6-9,14-15,32H,4-5,10-13,16H2,1-3H3,(H,34,35). The van der Waals surface area contributed by atoms with Crippen molar-refractivity contribution in [2.24, 2.45) is 0 Å². The van der Waals surface area contributed by atoms with E-state index in [4.69, 9.17) is 9.47 Å². The van der Waals surface area contributed by atoms with Crippen LogP contribution in [-0.4, -0.2) is 61.7 Å². The second-order valence-corrected chi connectivity index (χ2v) is 9.49. The number of likely N-dealkylation sites (N-methyl/N-ethyl adjacent to an activating group) is 1. The molecule has 0 amide bonds. The van der Waals surface area contributed by atoms with Gasteiger partial charge in [0.2, 0.25) is 0 Å². The van der Waals surface area contributed by atoms with Gasteiger partial charge in [-0.15, -0.1) is 0 Å². The van der Waals surface area contributed by atoms with Crippen LogP contribution in [-0.2, 0) is 13.0 Å². The highest BCUT2D eigenvalue weighted by Crippen LogP contribution is 2.42. The smallest absolute Gasteiger partial charge is 0.345 e. The number of carboxylic acids is 1. The van der Waals surface area contributed by atoms with Gasteiger partial charge in [0.1, 0.15) is 17.2 Å². The average molecular weight is 506 g/mol. The minimum atomic E-state index is -1.46. The van der Waals surface area contributed by atoms with Crippen molar-refractivity contribution in [3.63, 3.8) is 0 Å². The van der Waals surface area contributed by atoms with Crippen LogP contribution in [0.15, 0.2) is 41.2 Å². The number of hydrogen-bond donors (Lipinski definition) is 2. The average Bonchev–Trinajstić information content (AvgIpc) is 3.39. The molecular formula is C28H31N3O6. The number of carbonyl (C=O) groups is 1. The Balaban J connectivity index is 1.76. The van der Waals surface area contributed by atoms with Gasteiger partial charge in [0, 0.05) is 60.8 Å². The van der Waals surface area contributed by atoms with Gasteiger partial charge in [-0.05, 0) is 49.6 Å². The lowest BCUT2D eigenvalue weighted by Crippen LogP contribution is -2.30. The van der Waals surface area contributed by atoms with Crippen LogP contribution in [0.1, 0.15) is 34.3 Å². The zero-order valence-electron chi connectivity index (χ0n) is 21.3. The lowest BCUT2D eigenvalue weighted by Gasteiger charge is -2.25. The number of aromatic hydroxyl groups is 1. The van der Waals surface area contributed by atoms with Crippen molar-refractivity contribution in [3.8, 4) is 28.5 Å². The molecule has 2 aliphatic rings. The predicted octanol–water partition coefficient (Wildman–Crippen LogP) is 3.58. The van der Waals surface area contributed by atoms with E-state index in [2.05, 4.69) is 15.9 Å². The number of ether oxygens (including phenoxy) is 2. The minimum absolute atomic E-state index is 0.0614. The second kappa shape index (κ2) is 9.72. The number of rotatable bonds is 6. The second-order valence-electron chi connectivity index (χ2n) is 9.49. The molecule has 3 aromatic rings. The van der Waals surface area contributed by atoms with Crippen molar-refractivity contribution in [2.45, 2.75) is 25.8 Å². The summed E-state index contributed by atoms with van der Waals surface area (Å²) in [4.78, 5) is 30.2. The number of hydrogen-bond acceptors (Lipinski definition) is 7. The number of nitrogens with zero attached hydrogens (tertiary/aromatic N) is 3. The zero-order valence-corrected chi connectivity index (χ0v) is 21.3. The van der Waals surface area contributed by atoms with E-state index < -0.39 is 22.8 Å². The highest BCUT2D eigenvalue weighted by atomic mass is 16.5. The van der Waals surface area contributed by atoms with Crippen LogP contribution in [0.25, 0.3) is 11.3 Å². The summed E-state index contributed by atoms with van der Waals surface area (Å²) in [5.74, 6) is -0.802. The summed E-state index contributed by atoms with van der Waals surface area (Å²) >= 11 is 0. The lowest BCUT2D eigenvalue weighted by atomic mass is 9.98. The molecule has 0 spiro atoms. The molecule has 0 saturated carbocycles. The van der Waals surface area contributed by atoms with E-state index in [1.807, 2.05) is 19.2 Å². The first-order chi connectivity index (χ1) is 17.8. The molecule has 1 fully saturated rings. The summed E-state index contributed by atoms with van der Waals surface area (Å²) < 4.78 is 12.3. The van der Waals surface area contributed by atoms with Crippen LogP contribution in [0.3, 0.4) is 0 Å². The molecule has 0 atom stereocenters. The number of aromatic nitrogens is 1. The zero-order chi connectivity index (χ0) is 26.3. The minimum Gasteiger partial charge on any atom is -0.506 e. The molecule has 0 aliphatic carbocycles. The molecule has 1 saturated heterocycles. The summed E-state index contributed by atoms with van der Waals surface area (Å²) in [7, 11) is 5.07. The van der Waals surface area contributed by atoms with E-state index in [0.29, 0.717) is 41.3 Å². The number of methoxy groups -OCH3 is 2. The molecule has 0 unspecified atom stereocenters. The monoisotopic (exact) mass is 505 g/mol. The fraction of sp³-hybridized carbons (Fsp3) is 0.357. The predicted molar refractivity (Wildman–Crippen MR) is 142 cm³/mol. The third kappa shape index (κ3) is 4.24. The molecule has 0 radical (unpaired) electrons. The fourth-order valence-electron chi connectivity index (χ4n) is 5.41. The van der Waals surface area contributed by atoms with E-state index >= 15 is 0 Å². The molecule has 2 aromatic carbocycles. The lowest BCUT2D eigenvalue weighted by molar-refractivity contribution is 0.0690. The maximum absolute atomic E-state index is 13.6. The van der Waals surface area contributed by atoms with Gasteiger partial charge in [0.15, 0.2) is 5.56 Å². The molecule has 0 bridgehead atoms. The van der Waals surface area contributed by atoms with Gasteiger partial charge in [-0.2, -0.15) is 0 Å². The topological polar surface area (TPSA) is 104 Å². The van der Waals surface area contributed by atoms with Gasteiger partial charge in [-0.1, -0.05) is 0 Å². The molecule has 194 valence electrons. The van der Waals surface area contributed by atoms with Crippen LogP contribution in [0, 0.1) is 0 Å². The normalized spacial score (nSPS) is 14.7. The first kappa shape index (κ1) is 24.5. The summed E-state index contributed by atoms with van der Waals surface area (Å²) in [6.45, 7) is 2.62. The highest BCUT2D eigenvalue weighted by Gasteiger charge is 2.31. The van der Waals surface area contributed by atoms with Crippen molar-refractivity contribution in [1.29, 1.82) is 0 Å². The maximum Gasteiger partial charge on any atom is 0.345 e. The van der Waals surface area contributed by atoms with E-state index in [9.17, 15) is 19.8 Å². The summed E-state index contributed by atoms with van der Waals surface area (Å²) in [5.41, 5.74) is 3.09. The Bertz CT molecular complexity index is 1420. The van der Waals surface area contributed by atoms with Crippen LogP contribution in [0.5, 0.6) is 17.2 Å². The van der Waals surface area contributed by atoms with Gasteiger partial charge < -0.3 is 34.1 Å². The molecule has 2 N–H and O–H groups in total. The Morgan fingerprint density at radius 3 is 2.46 bits per heavy atom. The van der Waals surface area contributed by atoms with Crippen molar-refractivity contribution in [3.05, 3.63) is 63.4 Å². The van der Waals surface area contributed by atoms with Gasteiger partial charge in [0.05, 0.1) is 26.5 Å². The van der Waals surface area contributed by atoms with E-state index in [1.165, 1.54) is 11.7 Å². The molecule has 3 heterocycles. The number of pyridine rings is 1. The Morgan fingerprint density at radius 1 is 1.03 bits per heavy atom. The molecule has 2 aliphatic heterocycles. The van der Waals surface area contributed by atoms with Crippen LogP contribution < -0.4 is 24.8 Å². The molecule has 1 aromatic heterocycles. The van der Waals surface area contributed by atoms with Crippen molar-refractivity contribution < 1.29 is 24.5 Å². The van der Waals surface area contributed by atoms with Crippen molar-refractivity contribution in [1.82, 2.24) is 4.57 Å². The van der Waals surface area contributed by atoms with Gasteiger partial charge in [-0.25, -0.2) is 4.79 Å². The molecule has 5 rings (SSSR count). The Hall–Kier alpha value is -4.14. The molecule has 9 nitrogen and oxygen atoms in total. The number of fused-ring (bicyclic) bond motifs is 3. The first-order valence-electron chi connectivity index (χ1n) is 12.4. The van der Waals surface area contributed by atoms with Gasteiger partial charge in [0.25, 0.3) is 5.56 Å². The van der Waals surface area contributed by atoms with Crippen molar-refractivity contribution in [2.75, 3.05) is 50.7 Å². The van der Waals surface area contributed by atoms with E-state index in [-0.39, 0.29) is 6.54 Å². The third-order valence-electron chi connectivity index (χ3n) is 7.39. The highest BCUT2D eigenvalue weighted by molar-refractivity contribution is 5.93. The Labute approximate surface area is 215 Å². The molecule has 37 heavy (non-hydrogen) atoms. The van der Waals surface area contributed by atoms with Crippen molar-refractivity contribution >= 4 is 17.3 Å². The number of carboxylic acid groups (broad SMARTS) is 1. The van der Waals surface area contributed by atoms with Crippen LogP contribution in [0.4, 0.5) is 11.4 Å². The largest absolute Gasteiger partial charge is 0.506 e. The number of benzene rings is 2. The van der Waals surface area contributed by atoms with Crippen LogP contribution >= 0.6 is 0 Å².